The molecule has 0 aliphatic carbocycles. The zero-order chi connectivity index (χ0) is 13.5. The van der Waals surface area contributed by atoms with E-state index >= 15 is 0 Å². The van der Waals surface area contributed by atoms with Crippen LogP contribution in [0.5, 0.6) is 0 Å². The molecule has 0 atom stereocenters. The predicted molar refractivity (Wildman–Crippen MR) is 78.3 cm³/mol. The van der Waals surface area contributed by atoms with E-state index in [4.69, 9.17) is 5.73 Å². The third kappa shape index (κ3) is 4.44. The topological polar surface area (TPSA) is 58.3 Å². The molecule has 1 fully saturated rings. The predicted octanol–water partition coefficient (Wildman–Crippen LogP) is 1.04. The van der Waals surface area contributed by atoms with Gasteiger partial charge in [0.05, 0.1) is 0 Å². The first-order valence-corrected chi connectivity index (χ1v) is 7.26. The highest BCUT2D eigenvalue weighted by molar-refractivity contribution is 5.30. The molecule has 2 heterocycles. The fourth-order valence-electron chi connectivity index (χ4n) is 2.42. The molecule has 19 heavy (non-hydrogen) atoms. The summed E-state index contributed by atoms with van der Waals surface area (Å²) in [5, 5.41) is 0. The third-order valence-corrected chi connectivity index (χ3v) is 3.62. The Balaban J connectivity index is 1.73. The van der Waals surface area contributed by atoms with Crippen LogP contribution in [0.2, 0.25) is 0 Å². The van der Waals surface area contributed by atoms with E-state index in [-0.39, 0.29) is 0 Å². The van der Waals surface area contributed by atoms with Crippen LogP contribution in [0.3, 0.4) is 0 Å². The number of anilines is 1. The molecule has 5 nitrogen and oxygen atoms in total. The molecule has 1 aromatic heterocycles. The van der Waals surface area contributed by atoms with Gasteiger partial charge in [-0.15, -0.1) is 0 Å². The van der Waals surface area contributed by atoms with Crippen LogP contribution >= 0.6 is 0 Å². The molecule has 0 amide bonds. The molecule has 0 bridgehead atoms. The van der Waals surface area contributed by atoms with Crippen molar-refractivity contribution in [2.24, 2.45) is 5.73 Å². The van der Waals surface area contributed by atoms with Gasteiger partial charge in [-0.05, 0) is 38.9 Å². The highest BCUT2D eigenvalue weighted by atomic mass is 15.3. The van der Waals surface area contributed by atoms with Crippen molar-refractivity contribution < 1.29 is 0 Å². The number of piperazine rings is 1. The van der Waals surface area contributed by atoms with Crippen molar-refractivity contribution in [1.29, 1.82) is 0 Å². The van der Waals surface area contributed by atoms with Crippen LogP contribution in [0.1, 0.15) is 25.0 Å². The first-order chi connectivity index (χ1) is 9.29. The Labute approximate surface area is 115 Å². The summed E-state index contributed by atoms with van der Waals surface area (Å²) in [5.41, 5.74) is 6.54. The standard InChI is InChI=1S/C14H25N5/c1-13-5-7-16-14(17-13)19-11-9-18(10-12-19)8-4-2-3-6-15/h5,7H,2-4,6,8-12,15H2,1H3. The highest BCUT2D eigenvalue weighted by Crippen LogP contribution is 2.11. The van der Waals surface area contributed by atoms with Crippen molar-refractivity contribution in [3.05, 3.63) is 18.0 Å². The maximum atomic E-state index is 5.51. The molecule has 2 rings (SSSR count). The minimum absolute atomic E-state index is 0.818. The van der Waals surface area contributed by atoms with E-state index in [1.54, 1.807) is 0 Å². The zero-order valence-electron chi connectivity index (χ0n) is 11.9. The molecule has 0 spiro atoms. The summed E-state index contributed by atoms with van der Waals surface area (Å²) in [5.74, 6) is 0.878. The van der Waals surface area contributed by atoms with Crippen molar-refractivity contribution in [1.82, 2.24) is 14.9 Å². The lowest BCUT2D eigenvalue weighted by atomic mass is 10.2. The molecule has 0 saturated carbocycles. The minimum atomic E-state index is 0.818. The molecule has 0 aromatic carbocycles. The van der Waals surface area contributed by atoms with Crippen molar-refractivity contribution >= 4 is 5.95 Å². The Hall–Kier alpha value is -1.20. The first-order valence-electron chi connectivity index (χ1n) is 7.26. The lowest BCUT2D eigenvalue weighted by Gasteiger charge is -2.34. The van der Waals surface area contributed by atoms with Gasteiger partial charge in [0.25, 0.3) is 0 Å². The van der Waals surface area contributed by atoms with Gasteiger partial charge in [-0.3, -0.25) is 4.90 Å². The summed E-state index contributed by atoms with van der Waals surface area (Å²) in [4.78, 5) is 13.7. The van der Waals surface area contributed by atoms with Crippen LogP contribution in [0.25, 0.3) is 0 Å². The number of unbranched alkanes of at least 4 members (excludes halogenated alkanes) is 2. The number of aromatic nitrogens is 2. The summed E-state index contributed by atoms with van der Waals surface area (Å²) < 4.78 is 0. The Bertz CT molecular complexity index is 374. The van der Waals surface area contributed by atoms with Crippen LogP contribution in [0.4, 0.5) is 5.95 Å². The first kappa shape index (κ1) is 14.2. The Kier molecular flexibility index (Phi) is 5.54. The molecule has 2 N–H and O–H groups in total. The average molecular weight is 263 g/mol. The second kappa shape index (κ2) is 7.40. The monoisotopic (exact) mass is 263 g/mol. The Morgan fingerprint density at radius 2 is 1.95 bits per heavy atom. The fraction of sp³-hybridized carbons (Fsp3) is 0.714. The van der Waals surface area contributed by atoms with E-state index in [1.165, 1.54) is 19.4 Å². The van der Waals surface area contributed by atoms with E-state index < -0.39 is 0 Å². The van der Waals surface area contributed by atoms with E-state index in [2.05, 4.69) is 19.8 Å². The highest BCUT2D eigenvalue weighted by Gasteiger charge is 2.18. The van der Waals surface area contributed by atoms with Gasteiger partial charge in [0.2, 0.25) is 5.95 Å². The lowest BCUT2D eigenvalue weighted by molar-refractivity contribution is 0.251. The smallest absolute Gasteiger partial charge is 0.225 e. The number of aryl methyl sites for hydroxylation is 1. The van der Waals surface area contributed by atoms with Crippen LogP contribution in [0, 0.1) is 6.92 Å². The fourth-order valence-corrected chi connectivity index (χ4v) is 2.42. The van der Waals surface area contributed by atoms with E-state index in [0.717, 1.165) is 50.8 Å². The van der Waals surface area contributed by atoms with Gasteiger partial charge in [-0.1, -0.05) is 6.42 Å². The molecule has 1 saturated heterocycles. The molecule has 106 valence electrons. The van der Waals surface area contributed by atoms with Crippen molar-refractivity contribution in [2.75, 3.05) is 44.2 Å². The summed E-state index contributed by atoms with van der Waals surface area (Å²) in [6.45, 7) is 8.31. The van der Waals surface area contributed by atoms with Crippen molar-refractivity contribution in [2.45, 2.75) is 26.2 Å². The van der Waals surface area contributed by atoms with Gasteiger partial charge in [0, 0.05) is 38.1 Å². The molecule has 5 heteroatoms. The van der Waals surface area contributed by atoms with Crippen molar-refractivity contribution in [3.8, 4) is 0 Å². The number of nitrogens with zero attached hydrogens (tertiary/aromatic N) is 4. The number of nitrogens with two attached hydrogens (primary N) is 1. The van der Waals surface area contributed by atoms with Crippen molar-refractivity contribution in [3.63, 3.8) is 0 Å². The number of hydrogen-bond acceptors (Lipinski definition) is 5. The Morgan fingerprint density at radius 3 is 2.63 bits per heavy atom. The third-order valence-electron chi connectivity index (χ3n) is 3.62. The minimum Gasteiger partial charge on any atom is -0.338 e. The summed E-state index contributed by atoms with van der Waals surface area (Å²) >= 11 is 0. The SMILES string of the molecule is Cc1ccnc(N2CCN(CCCCCN)CC2)n1. The largest absolute Gasteiger partial charge is 0.338 e. The molecular weight excluding hydrogens is 238 g/mol. The second-order valence-electron chi connectivity index (χ2n) is 5.18. The van der Waals surface area contributed by atoms with Gasteiger partial charge in [-0.25, -0.2) is 9.97 Å². The van der Waals surface area contributed by atoms with Crippen LogP contribution in [0.15, 0.2) is 12.3 Å². The van der Waals surface area contributed by atoms with Gasteiger partial charge in [0.1, 0.15) is 0 Å². The zero-order valence-corrected chi connectivity index (χ0v) is 11.9. The van der Waals surface area contributed by atoms with E-state index in [9.17, 15) is 0 Å². The van der Waals surface area contributed by atoms with Crippen LogP contribution in [-0.4, -0.2) is 54.1 Å². The molecule has 1 aromatic rings. The number of hydrogen-bond donors (Lipinski definition) is 1. The summed E-state index contributed by atoms with van der Waals surface area (Å²) in [7, 11) is 0. The molecule has 0 unspecified atom stereocenters. The molecule has 0 radical (unpaired) electrons. The summed E-state index contributed by atoms with van der Waals surface area (Å²) in [6, 6.07) is 1.94. The van der Waals surface area contributed by atoms with Crippen LogP contribution in [-0.2, 0) is 0 Å². The van der Waals surface area contributed by atoms with Gasteiger partial charge in [-0.2, -0.15) is 0 Å². The van der Waals surface area contributed by atoms with Gasteiger partial charge >= 0.3 is 0 Å². The lowest BCUT2D eigenvalue weighted by Crippen LogP contribution is -2.47. The average Bonchev–Trinajstić information content (AvgIpc) is 2.44. The quantitative estimate of drug-likeness (QED) is 0.777. The Morgan fingerprint density at radius 1 is 1.16 bits per heavy atom. The summed E-state index contributed by atoms with van der Waals surface area (Å²) in [6.07, 6.45) is 5.50. The molecular formula is C14H25N5. The normalized spacial score (nSPS) is 16.8. The van der Waals surface area contributed by atoms with Gasteiger partial charge in [0.15, 0.2) is 0 Å². The molecule has 1 aliphatic rings. The maximum Gasteiger partial charge on any atom is 0.225 e. The van der Waals surface area contributed by atoms with E-state index in [0.29, 0.717) is 0 Å². The maximum absolute atomic E-state index is 5.51. The number of rotatable bonds is 6. The second-order valence-corrected chi connectivity index (χ2v) is 5.18. The molecule has 1 aliphatic heterocycles. The van der Waals surface area contributed by atoms with E-state index in [1.807, 2.05) is 19.2 Å². The van der Waals surface area contributed by atoms with Crippen LogP contribution < -0.4 is 10.6 Å². The van der Waals surface area contributed by atoms with Gasteiger partial charge < -0.3 is 10.6 Å².